The number of rotatable bonds is 5. The Morgan fingerprint density at radius 3 is 2.67 bits per heavy atom. The Morgan fingerprint density at radius 2 is 1.90 bits per heavy atom. The molecule has 0 saturated carbocycles. The summed E-state index contributed by atoms with van der Waals surface area (Å²) in [5, 5.41) is 7.95. The van der Waals surface area contributed by atoms with E-state index in [4.69, 9.17) is 14.6 Å². The van der Waals surface area contributed by atoms with E-state index in [9.17, 15) is 0 Å². The van der Waals surface area contributed by atoms with Gasteiger partial charge in [0.25, 0.3) is 0 Å². The van der Waals surface area contributed by atoms with E-state index in [2.05, 4.69) is 71.2 Å². The van der Waals surface area contributed by atoms with Crippen molar-refractivity contribution < 1.29 is 14.0 Å². The fourth-order valence-electron chi connectivity index (χ4n) is 3.97. The molecule has 0 bridgehead atoms. The molecule has 2 heterocycles. The highest BCUT2D eigenvalue weighted by Gasteiger charge is 2.16. The molecule has 1 saturated heterocycles. The van der Waals surface area contributed by atoms with E-state index in [-0.39, 0.29) is 0 Å². The summed E-state index contributed by atoms with van der Waals surface area (Å²) in [6.07, 6.45) is 2.08. The summed E-state index contributed by atoms with van der Waals surface area (Å²) in [4.78, 5) is 2.32. The van der Waals surface area contributed by atoms with Gasteiger partial charge in [0, 0.05) is 49.6 Å². The number of anilines is 2. The Kier molecular flexibility index (Phi) is 5.86. The fraction of sp³-hybridized carbons (Fsp3) is 0.333. The molecule has 1 aliphatic heterocycles. The van der Waals surface area contributed by atoms with Crippen LogP contribution in [0.3, 0.4) is 0 Å². The summed E-state index contributed by atoms with van der Waals surface area (Å²) in [5.74, 6) is 0.808. The van der Waals surface area contributed by atoms with Crippen LogP contribution in [0.25, 0.3) is 10.9 Å². The lowest BCUT2D eigenvalue weighted by Gasteiger charge is -2.29. The molecule has 4 rings (SSSR count). The number of aromatic nitrogens is 1. The predicted octanol–water partition coefficient (Wildman–Crippen LogP) is 3.37. The number of methoxy groups -OCH3 is 1. The highest BCUT2D eigenvalue weighted by molar-refractivity contribution is 6.08. The minimum absolute atomic E-state index is 0.760. The number of fused-ring (bicyclic) bond motifs is 1. The number of hydrogen-bond acceptors (Lipinski definition) is 5. The standard InChI is InChI=1S/C24H29N4O2/c1-18(20-11-12-26(2)22-8-6-5-7-21(20)22)25-27(3)23-10-9-19(17-24(23)29-4)28-13-15-30-16-14-28/h5-12,17H,13-16H2,1-4H3/q+1. The van der Waals surface area contributed by atoms with Crippen LogP contribution in [0.2, 0.25) is 0 Å². The Hall–Kier alpha value is -3.12. The van der Waals surface area contributed by atoms with E-state index in [1.54, 1.807) is 7.11 Å². The van der Waals surface area contributed by atoms with Crippen LogP contribution in [0.4, 0.5) is 11.4 Å². The first-order valence-corrected chi connectivity index (χ1v) is 10.3. The molecule has 1 aromatic heterocycles. The van der Waals surface area contributed by atoms with Gasteiger partial charge in [0.1, 0.15) is 18.5 Å². The van der Waals surface area contributed by atoms with E-state index < -0.39 is 0 Å². The number of hydrogen-bond donors (Lipinski definition) is 0. The molecular formula is C24H29N4O2+. The van der Waals surface area contributed by atoms with Gasteiger partial charge in [-0.1, -0.05) is 12.1 Å². The molecule has 1 fully saturated rings. The van der Waals surface area contributed by atoms with Gasteiger partial charge in [0.2, 0.25) is 5.52 Å². The van der Waals surface area contributed by atoms with E-state index in [0.29, 0.717) is 0 Å². The van der Waals surface area contributed by atoms with Gasteiger partial charge in [-0.2, -0.15) is 5.10 Å². The number of nitrogens with zero attached hydrogens (tertiary/aromatic N) is 4. The highest BCUT2D eigenvalue weighted by Crippen LogP contribution is 2.33. The first kappa shape index (κ1) is 20.2. The van der Waals surface area contributed by atoms with Crippen LogP contribution in [-0.4, -0.2) is 46.2 Å². The highest BCUT2D eigenvalue weighted by atomic mass is 16.5. The van der Waals surface area contributed by atoms with Crippen LogP contribution in [0, 0.1) is 0 Å². The Bertz CT molecular complexity index is 1070. The Balaban J connectivity index is 1.65. The number of ether oxygens (including phenoxy) is 2. The molecule has 0 spiro atoms. The van der Waals surface area contributed by atoms with Gasteiger partial charge in [-0.05, 0) is 25.1 Å². The molecule has 0 aliphatic carbocycles. The van der Waals surface area contributed by atoms with Gasteiger partial charge in [-0.3, -0.25) is 5.01 Å². The zero-order valence-corrected chi connectivity index (χ0v) is 18.1. The summed E-state index contributed by atoms with van der Waals surface area (Å²) < 4.78 is 13.3. The molecular weight excluding hydrogens is 376 g/mol. The molecule has 0 N–H and O–H groups in total. The zero-order valence-electron chi connectivity index (χ0n) is 18.1. The van der Waals surface area contributed by atoms with E-state index in [1.807, 2.05) is 19.0 Å². The summed E-state index contributed by atoms with van der Waals surface area (Å²) in [6, 6.07) is 16.8. The molecule has 6 nitrogen and oxygen atoms in total. The average Bonchev–Trinajstić information content (AvgIpc) is 2.79. The molecule has 0 amide bonds. The third kappa shape index (κ3) is 3.96. The summed E-state index contributed by atoms with van der Waals surface area (Å²) in [5.41, 5.74) is 5.34. The van der Waals surface area contributed by atoms with E-state index >= 15 is 0 Å². The lowest BCUT2D eigenvalue weighted by molar-refractivity contribution is -0.644. The predicted molar refractivity (Wildman–Crippen MR) is 122 cm³/mol. The van der Waals surface area contributed by atoms with Gasteiger partial charge >= 0.3 is 0 Å². The number of pyridine rings is 1. The van der Waals surface area contributed by atoms with Crippen LogP contribution in [0.1, 0.15) is 12.5 Å². The zero-order chi connectivity index (χ0) is 21.1. The molecule has 3 aromatic rings. The second-order valence-electron chi connectivity index (χ2n) is 7.52. The maximum Gasteiger partial charge on any atom is 0.212 e. The average molecular weight is 406 g/mol. The van der Waals surface area contributed by atoms with Crippen LogP contribution in [0.5, 0.6) is 5.75 Å². The maximum atomic E-state index is 5.70. The number of para-hydroxylation sites is 1. The number of hydrazone groups is 1. The first-order valence-electron chi connectivity index (χ1n) is 10.3. The Morgan fingerprint density at radius 1 is 1.13 bits per heavy atom. The van der Waals surface area contributed by atoms with Crippen molar-refractivity contribution in [2.45, 2.75) is 6.92 Å². The Labute approximate surface area is 177 Å². The lowest BCUT2D eigenvalue weighted by atomic mass is 10.1. The van der Waals surface area contributed by atoms with Gasteiger partial charge in [0.05, 0.1) is 31.4 Å². The normalized spacial score (nSPS) is 14.8. The molecule has 2 aromatic carbocycles. The SMILES string of the molecule is COc1cc(N2CCOCC2)ccc1N(C)N=C(C)c1cc[n+](C)c2ccccc12. The van der Waals surface area contributed by atoms with Crippen molar-refractivity contribution >= 4 is 28.0 Å². The third-order valence-corrected chi connectivity index (χ3v) is 5.62. The molecule has 0 radical (unpaired) electrons. The molecule has 6 heteroatoms. The fourth-order valence-corrected chi connectivity index (χ4v) is 3.97. The van der Waals surface area contributed by atoms with Crippen molar-refractivity contribution in [1.82, 2.24) is 0 Å². The van der Waals surface area contributed by atoms with Crippen molar-refractivity contribution in [3.8, 4) is 5.75 Å². The van der Waals surface area contributed by atoms with Crippen LogP contribution in [-0.2, 0) is 11.8 Å². The van der Waals surface area contributed by atoms with Crippen LogP contribution < -0.4 is 19.2 Å². The molecule has 0 unspecified atom stereocenters. The van der Waals surface area contributed by atoms with E-state index in [1.165, 1.54) is 10.9 Å². The van der Waals surface area contributed by atoms with Gasteiger partial charge in [0.15, 0.2) is 6.20 Å². The summed E-state index contributed by atoms with van der Waals surface area (Å²) in [7, 11) is 5.73. The van der Waals surface area contributed by atoms with Crippen molar-refractivity contribution in [1.29, 1.82) is 0 Å². The smallest absolute Gasteiger partial charge is 0.212 e. The molecule has 0 atom stereocenters. The van der Waals surface area contributed by atoms with E-state index in [0.717, 1.165) is 54.7 Å². The minimum atomic E-state index is 0.760. The summed E-state index contributed by atoms with van der Waals surface area (Å²) >= 11 is 0. The van der Waals surface area contributed by atoms with Gasteiger partial charge in [-0.25, -0.2) is 4.57 Å². The van der Waals surface area contributed by atoms with Gasteiger partial charge in [-0.15, -0.1) is 0 Å². The second kappa shape index (κ2) is 8.71. The molecule has 1 aliphatic rings. The van der Waals surface area contributed by atoms with Crippen LogP contribution >= 0.6 is 0 Å². The second-order valence-corrected chi connectivity index (χ2v) is 7.52. The number of benzene rings is 2. The number of aryl methyl sites for hydroxylation is 1. The van der Waals surface area contributed by atoms with Crippen molar-refractivity contribution in [3.05, 3.63) is 60.3 Å². The lowest BCUT2D eigenvalue weighted by Crippen LogP contribution is -2.36. The third-order valence-electron chi connectivity index (χ3n) is 5.62. The summed E-state index contributed by atoms with van der Waals surface area (Å²) in [6.45, 7) is 5.36. The molecule has 30 heavy (non-hydrogen) atoms. The largest absolute Gasteiger partial charge is 0.494 e. The monoisotopic (exact) mass is 405 g/mol. The topological polar surface area (TPSA) is 41.2 Å². The van der Waals surface area contributed by atoms with Crippen molar-refractivity contribution in [3.63, 3.8) is 0 Å². The number of morpholine rings is 1. The quantitative estimate of drug-likeness (QED) is 0.371. The maximum absolute atomic E-state index is 5.70. The minimum Gasteiger partial charge on any atom is -0.494 e. The van der Waals surface area contributed by atoms with Crippen molar-refractivity contribution in [2.75, 3.05) is 50.4 Å². The molecule has 156 valence electrons. The van der Waals surface area contributed by atoms with Gasteiger partial charge < -0.3 is 14.4 Å². The first-order chi connectivity index (χ1) is 14.6. The van der Waals surface area contributed by atoms with Crippen molar-refractivity contribution in [2.24, 2.45) is 12.1 Å². The van der Waals surface area contributed by atoms with Crippen LogP contribution in [0.15, 0.2) is 59.8 Å².